The van der Waals surface area contributed by atoms with Crippen LogP contribution < -0.4 is 10.6 Å². The van der Waals surface area contributed by atoms with E-state index >= 15 is 0 Å². The highest BCUT2D eigenvalue weighted by atomic mass is 19.1. The number of nitrogens with one attached hydrogen (secondary N) is 2. The molecule has 0 saturated carbocycles. The van der Waals surface area contributed by atoms with Crippen LogP contribution in [0.1, 0.15) is 24.0 Å². The predicted octanol–water partition coefficient (Wildman–Crippen LogP) is 3.32. The number of nitrogens with zero attached hydrogens (tertiary/aromatic N) is 2. The summed E-state index contributed by atoms with van der Waals surface area (Å²) < 4.78 is 25.8. The number of piperazine rings is 1. The third-order valence-corrected chi connectivity index (χ3v) is 5.96. The Morgan fingerprint density at radius 3 is 1.39 bits per heavy atom. The van der Waals surface area contributed by atoms with Crippen LogP contribution in [0.3, 0.4) is 0 Å². The van der Waals surface area contributed by atoms with Crippen LogP contribution in [0.4, 0.5) is 8.78 Å². The van der Waals surface area contributed by atoms with Gasteiger partial charge in [-0.25, -0.2) is 8.78 Å². The number of carbonyl (C=O) groups is 2. The van der Waals surface area contributed by atoms with E-state index in [4.69, 9.17) is 0 Å². The van der Waals surface area contributed by atoms with Crippen molar-refractivity contribution < 1.29 is 18.4 Å². The largest absolute Gasteiger partial charge is 0.353 e. The van der Waals surface area contributed by atoms with Gasteiger partial charge in [-0.1, -0.05) is 24.3 Å². The zero-order valence-corrected chi connectivity index (χ0v) is 20.5. The van der Waals surface area contributed by atoms with Gasteiger partial charge in [-0.15, -0.1) is 0 Å². The predicted molar refractivity (Wildman–Crippen MR) is 139 cm³/mol. The highest BCUT2D eigenvalue weighted by Crippen LogP contribution is 2.06. The summed E-state index contributed by atoms with van der Waals surface area (Å²) >= 11 is 0. The van der Waals surface area contributed by atoms with Gasteiger partial charge in [0, 0.05) is 51.4 Å². The van der Waals surface area contributed by atoms with E-state index in [0.717, 1.165) is 63.2 Å². The first-order chi connectivity index (χ1) is 17.5. The van der Waals surface area contributed by atoms with Crippen LogP contribution >= 0.6 is 0 Å². The molecule has 1 fully saturated rings. The maximum Gasteiger partial charge on any atom is 0.243 e. The Bertz CT molecular complexity index is 931. The molecule has 1 aliphatic rings. The van der Waals surface area contributed by atoms with Gasteiger partial charge in [0.1, 0.15) is 11.6 Å². The van der Waals surface area contributed by atoms with Crippen LogP contribution in [0, 0.1) is 11.6 Å². The number of amides is 2. The molecule has 1 aliphatic heterocycles. The molecule has 0 bridgehead atoms. The first kappa shape index (κ1) is 27.2. The zero-order chi connectivity index (χ0) is 25.6. The summed E-state index contributed by atoms with van der Waals surface area (Å²) in [6.07, 6.45) is 8.04. The summed E-state index contributed by atoms with van der Waals surface area (Å²) in [4.78, 5) is 28.6. The summed E-state index contributed by atoms with van der Waals surface area (Å²) in [6.45, 7) is 7.06. The Labute approximate surface area is 211 Å². The Morgan fingerprint density at radius 1 is 0.667 bits per heavy atom. The molecule has 0 spiro atoms. The summed E-state index contributed by atoms with van der Waals surface area (Å²) in [5.41, 5.74) is 1.57. The van der Waals surface area contributed by atoms with E-state index in [0.29, 0.717) is 13.1 Å². The van der Waals surface area contributed by atoms with Gasteiger partial charge in [0.2, 0.25) is 11.8 Å². The van der Waals surface area contributed by atoms with Crippen LogP contribution in [-0.2, 0) is 9.59 Å². The molecular formula is C28H34F2N4O2. The molecule has 0 radical (unpaired) electrons. The van der Waals surface area contributed by atoms with Crippen molar-refractivity contribution in [2.45, 2.75) is 12.8 Å². The molecule has 2 N–H and O–H groups in total. The lowest BCUT2D eigenvalue weighted by Crippen LogP contribution is -2.47. The topological polar surface area (TPSA) is 64.7 Å². The maximum absolute atomic E-state index is 12.9. The van der Waals surface area contributed by atoms with E-state index in [1.54, 1.807) is 36.4 Å². The average Bonchev–Trinajstić information content (AvgIpc) is 2.89. The summed E-state index contributed by atoms with van der Waals surface area (Å²) in [5, 5.41) is 5.77. The number of carbonyl (C=O) groups excluding carboxylic acids is 2. The van der Waals surface area contributed by atoms with Gasteiger partial charge in [-0.2, -0.15) is 0 Å². The fraction of sp³-hybridized carbons (Fsp3) is 0.357. The highest BCUT2D eigenvalue weighted by molar-refractivity contribution is 5.92. The van der Waals surface area contributed by atoms with Gasteiger partial charge >= 0.3 is 0 Å². The van der Waals surface area contributed by atoms with Gasteiger partial charge in [0.25, 0.3) is 0 Å². The molecule has 6 nitrogen and oxygen atoms in total. The van der Waals surface area contributed by atoms with Crippen molar-refractivity contribution in [2.24, 2.45) is 0 Å². The van der Waals surface area contributed by atoms with Crippen molar-refractivity contribution in [3.63, 3.8) is 0 Å². The number of hydrogen-bond acceptors (Lipinski definition) is 4. The van der Waals surface area contributed by atoms with Gasteiger partial charge in [-0.3, -0.25) is 9.59 Å². The van der Waals surface area contributed by atoms with Crippen molar-refractivity contribution >= 4 is 24.0 Å². The minimum atomic E-state index is -0.296. The quantitative estimate of drug-likeness (QED) is 0.350. The SMILES string of the molecule is O=C(/C=C\c1ccc(F)cc1)NCCCN1CCN(CCCNC(=O)/C=C/c2ccc(F)cc2)CC1. The summed E-state index contributed by atoms with van der Waals surface area (Å²) in [6, 6.07) is 12.0. The minimum absolute atomic E-state index is 0.151. The van der Waals surface area contributed by atoms with Crippen molar-refractivity contribution in [1.82, 2.24) is 20.4 Å². The fourth-order valence-electron chi connectivity index (χ4n) is 3.87. The Kier molecular flexibility index (Phi) is 11.3. The van der Waals surface area contributed by atoms with E-state index < -0.39 is 0 Å². The molecule has 2 amide bonds. The molecule has 0 unspecified atom stereocenters. The van der Waals surface area contributed by atoms with E-state index in [2.05, 4.69) is 20.4 Å². The Morgan fingerprint density at radius 2 is 1.03 bits per heavy atom. The van der Waals surface area contributed by atoms with E-state index in [1.807, 2.05) is 0 Å². The second kappa shape index (κ2) is 14.9. The lowest BCUT2D eigenvalue weighted by Gasteiger charge is -2.34. The van der Waals surface area contributed by atoms with Gasteiger partial charge < -0.3 is 20.4 Å². The molecule has 0 aliphatic carbocycles. The fourth-order valence-corrected chi connectivity index (χ4v) is 3.87. The van der Waals surface area contributed by atoms with Crippen molar-refractivity contribution in [1.29, 1.82) is 0 Å². The average molecular weight is 497 g/mol. The Balaban J connectivity index is 1.19. The maximum atomic E-state index is 12.9. The first-order valence-corrected chi connectivity index (χ1v) is 12.4. The zero-order valence-electron chi connectivity index (χ0n) is 20.5. The normalized spacial score (nSPS) is 14.9. The molecule has 8 heteroatoms. The smallest absolute Gasteiger partial charge is 0.243 e. The summed E-state index contributed by atoms with van der Waals surface area (Å²) in [5.74, 6) is -0.894. The standard InChI is InChI=1S/C28H34F2N4O2/c29-25-9-3-23(4-10-25)7-13-27(35)31-15-1-17-33-19-21-34(22-20-33)18-2-16-32-28(36)14-8-24-5-11-26(30)12-6-24/h3-14H,1-2,15-22H2,(H,31,35)(H,32,36)/b13-7-,14-8+. The molecule has 2 aromatic rings. The number of hydrogen-bond donors (Lipinski definition) is 2. The van der Waals surface area contributed by atoms with E-state index in [1.165, 1.54) is 36.4 Å². The molecular weight excluding hydrogens is 462 g/mol. The monoisotopic (exact) mass is 496 g/mol. The van der Waals surface area contributed by atoms with Crippen LogP contribution in [0.2, 0.25) is 0 Å². The lowest BCUT2D eigenvalue weighted by molar-refractivity contribution is -0.117. The molecule has 0 atom stereocenters. The number of rotatable bonds is 12. The Hall–Kier alpha value is -3.36. The van der Waals surface area contributed by atoms with Crippen molar-refractivity contribution in [2.75, 3.05) is 52.4 Å². The van der Waals surface area contributed by atoms with E-state index in [-0.39, 0.29) is 23.4 Å². The van der Waals surface area contributed by atoms with Crippen molar-refractivity contribution in [3.05, 3.63) is 83.4 Å². The molecule has 36 heavy (non-hydrogen) atoms. The van der Waals surface area contributed by atoms with Gasteiger partial charge in [-0.05, 0) is 73.5 Å². The minimum Gasteiger partial charge on any atom is -0.353 e. The van der Waals surface area contributed by atoms with Gasteiger partial charge in [0.15, 0.2) is 0 Å². The second-order valence-electron chi connectivity index (χ2n) is 8.74. The van der Waals surface area contributed by atoms with Crippen LogP contribution in [0.25, 0.3) is 12.2 Å². The van der Waals surface area contributed by atoms with Gasteiger partial charge in [0.05, 0.1) is 0 Å². The molecule has 1 saturated heterocycles. The van der Waals surface area contributed by atoms with Crippen LogP contribution in [0.15, 0.2) is 60.7 Å². The highest BCUT2D eigenvalue weighted by Gasteiger charge is 2.15. The molecule has 3 rings (SSSR count). The molecule has 192 valence electrons. The molecule has 2 aromatic carbocycles. The lowest BCUT2D eigenvalue weighted by atomic mass is 10.2. The third-order valence-electron chi connectivity index (χ3n) is 5.96. The molecule has 1 heterocycles. The third kappa shape index (κ3) is 10.5. The van der Waals surface area contributed by atoms with Crippen LogP contribution in [-0.4, -0.2) is 74.0 Å². The van der Waals surface area contributed by atoms with E-state index in [9.17, 15) is 18.4 Å². The number of benzene rings is 2. The summed E-state index contributed by atoms with van der Waals surface area (Å²) in [7, 11) is 0. The second-order valence-corrected chi connectivity index (χ2v) is 8.74. The van der Waals surface area contributed by atoms with Crippen molar-refractivity contribution in [3.8, 4) is 0 Å². The number of halogens is 2. The van der Waals surface area contributed by atoms with Crippen LogP contribution in [0.5, 0.6) is 0 Å². The molecule has 0 aromatic heterocycles. The first-order valence-electron chi connectivity index (χ1n) is 12.4.